The fourth-order valence-electron chi connectivity index (χ4n) is 3.86. The largest absolute Gasteiger partial charge is 0.490 e. The SMILES string of the molecule is O=C(/C=C/c1ccc2c(c1)OCCCO2)N1CCC(Cc2ccccc2)CC1. The third-order valence-corrected chi connectivity index (χ3v) is 5.48. The maximum atomic E-state index is 12.6. The molecular formula is C24H27NO3. The third-order valence-electron chi connectivity index (χ3n) is 5.48. The number of benzene rings is 2. The summed E-state index contributed by atoms with van der Waals surface area (Å²) in [5.74, 6) is 2.29. The first-order chi connectivity index (χ1) is 13.8. The number of hydrogen-bond acceptors (Lipinski definition) is 3. The second-order valence-electron chi connectivity index (χ2n) is 7.55. The van der Waals surface area contributed by atoms with E-state index in [4.69, 9.17) is 9.47 Å². The van der Waals surface area contributed by atoms with E-state index in [2.05, 4.69) is 30.3 Å². The van der Waals surface area contributed by atoms with Gasteiger partial charge in [-0.2, -0.15) is 0 Å². The van der Waals surface area contributed by atoms with Crippen LogP contribution in [0.2, 0.25) is 0 Å². The molecule has 0 bridgehead atoms. The molecule has 2 aromatic carbocycles. The van der Waals surface area contributed by atoms with Crippen molar-refractivity contribution in [2.45, 2.75) is 25.7 Å². The van der Waals surface area contributed by atoms with Gasteiger partial charge in [0, 0.05) is 25.6 Å². The lowest BCUT2D eigenvalue weighted by molar-refractivity contribution is -0.127. The minimum atomic E-state index is 0.0882. The molecule has 0 aliphatic carbocycles. The molecule has 0 saturated carbocycles. The summed E-state index contributed by atoms with van der Waals surface area (Å²) in [7, 11) is 0. The average molecular weight is 377 g/mol. The molecule has 2 heterocycles. The molecular weight excluding hydrogens is 350 g/mol. The van der Waals surface area contributed by atoms with E-state index in [-0.39, 0.29) is 5.91 Å². The predicted molar refractivity (Wildman–Crippen MR) is 111 cm³/mol. The van der Waals surface area contributed by atoms with Crippen molar-refractivity contribution >= 4 is 12.0 Å². The Kier molecular flexibility index (Phi) is 5.95. The Balaban J connectivity index is 1.30. The van der Waals surface area contributed by atoms with E-state index in [1.807, 2.05) is 29.2 Å². The second-order valence-corrected chi connectivity index (χ2v) is 7.55. The van der Waals surface area contributed by atoms with Gasteiger partial charge in [0.1, 0.15) is 0 Å². The lowest BCUT2D eigenvalue weighted by Gasteiger charge is -2.31. The van der Waals surface area contributed by atoms with Gasteiger partial charge in [0.25, 0.3) is 0 Å². The van der Waals surface area contributed by atoms with Gasteiger partial charge < -0.3 is 14.4 Å². The molecule has 0 atom stereocenters. The zero-order valence-corrected chi connectivity index (χ0v) is 16.2. The summed E-state index contributed by atoms with van der Waals surface area (Å²) in [6.07, 6.45) is 7.68. The van der Waals surface area contributed by atoms with Crippen molar-refractivity contribution in [2.24, 2.45) is 5.92 Å². The molecule has 1 amide bonds. The van der Waals surface area contributed by atoms with Crippen LogP contribution in [0.3, 0.4) is 0 Å². The molecule has 0 radical (unpaired) electrons. The Morgan fingerprint density at radius 1 is 1.00 bits per heavy atom. The topological polar surface area (TPSA) is 38.8 Å². The molecule has 0 spiro atoms. The molecule has 2 aliphatic rings. The number of fused-ring (bicyclic) bond motifs is 1. The van der Waals surface area contributed by atoms with Crippen LogP contribution < -0.4 is 9.47 Å². The Labute approximate surface area is 166 Å². The summed E-state index contributed by atoms with van der Waals surface area (Å²) in [6.45, 7) is 3.02. The average Bonchev–Trinajstić information content (AvgIpc) is 2.98. The Morgan fingerprint density at radius 2 is 1.75 bits per heavy atom. The van der Waals surface area contributed by atoms with Crippen molar-refractivity contribution < 1.29 is 14.3 Å². The molecule has 1 saturated heterocycles. The number of rotatable bonds is 4. The summed E-state index contributed by atoms with van der Waals surface area (Å²) >= 11 is 0. The van der Waals surface area contributed by atoms with E-state index in [1.54, 1.807) is 6.08 Å². The van der Waals surface area contributed by atoms with Gasteiger partial charge in [-0.25, -0.2) is 0 Å². The van der Waals surface area contributed by atoms with Crippen LogP contribution >= 0.6 is 0 Å². The number of piperidine rings is 1. The third kappa shape index (κ3) is 4.75. The van der Waals surface area contributed by atoms with Crippen molar-refractivity contribution in [1.82, 2.24) is 4.90 Å². The van der Waals surface area contributed by atoms with E-state index in [0.717, 1.165) is 55.8 Å². The van der Waals surface area contributed by atoms with Crippen LogP contribution in [0, 0.1) is 5.92 Å². The van der Waals surface area contributed by atoms with Gasteiger partial charge in [0.05, 0.1) is 13.2 Å². The number of ether oxygens (including phenoxy) is 2. The minimum absolute atomic E-state index is 0.0882. The first kappa shape index (κ1) is 18.6. The number of nitrogens with zero attached hydrogens (tertiary/aromatic N) is 1. The maximum absolute atomic E-state index is 12.6. The normalized spacial score (nSPS) is 17.5. The van der Waals surface area contributed by atoms with Gasteiger partial charge in [0.15, 0.2) is 11.5 Å². The zero-order valence-electron chi connectivity index (χ0n) is 16.2. The van der Waals surface area contributed by atoms with E-state index in [1.165, 1.54) is 5.56 Å². The van der Waals surface area contributed by atoms with Gasteiger partial charge >= 0.3 is 0 Å². The number of hydrogen-bond donors (Lipinski definition) is 0. The second kappa shape index (κ2) is 8.96. The molecule has 0 aromatic heterocycles. The molecule has 4 heteroatoms. The first-order valence-corrected chi connectivity index (χ1v) is 10.2. The molecule has 2 aromatic rings. The summed E-state index contributed by atoms with van der Waals surface area (Å²) < 4.78 is 11.4. The lowest BCUT2D eigenvalue weighted by atomic mass is 9.90. The van der Waals surface area contributed by atoms with Crippen LogP contribution in [0.15, 0.2) is 54.6 Å². The fourth-order valence-corrected chi connectivity index (χ4v) is 3.86. The number of amides is 1. The van der Waals surface area contributed by atoms with Crippen molar-refractivity contribution in [1.29, 1.82) is 0 Å². The van der Waals surface area contributed by atoms with Gasteiger partial charge in [-0.05, 0) is 54.5 Å². The van der Waals surface area contributed by atoms with Crippen LogP contribution in [-0.4, -0.2) is 37.1 Å². The molecule has 1 fully saturated rings. The van der Waals surface area contributed by atoms with Gasteiger partial charge in [-0.3, -0.25) is 4.79 Å². The van der Waals surface area contributed by atoms with Crippen molar-refractivity contribution in [2.75, 3.05) is 26.3 Å². The van der Waals surface area contributed by atoms with Crippen LogP contribution in [0.25, 0.3) is 6.08 Å². The predicted octanol–water partition coefficient (Wildman–Crippen LogP) is 4.34. The molecule has 4 rings (SSSR count). The number of likely N-dealkylation sites (tertiary alicyclic amines) is 1. The standard InChI is InChI=1S/C24H27NO3/c26-24(10-8-20-7-9-22-23(18-20)28-16-4-15-27-22)25-13-11-21(12-14-25)17-19-5-2-1-3-6-19/h1-3,5-10,18,21H,4,11-17H2/b10-8+. The highest BCUT2D eigenvalue weighted by Crippen LogP contribution is 2.31. The summed E-state index contributed by atoms with van der Waals surface area (Å²) in [5.41, 5.74) is 2.35. The van der Waals surface area contributed by atoms with E-state index < -0.39 is 0 Å². The summed E-state index contributed by atoms with van der Waals surface area (Å²) in [5, 5.41) is 0. The van der Waals surface area contributed by atoms with E-state index in [9.17, 15) is 4.79 Å². The van der Waals surface area contributed by atoms with Crippen molar-refractivity contribution in [3.63, 3.8) is 0 Å². The number of carbonyl (C=O) groups excluding carboxylic acids is 1. The van der Waals surface area contributed by atoms with Crippen LogP contribution in [0.4, 0.5) is 0 Å². The highest BCUT2D eigenvalue weighted by molar-refractivity contribution is 5.91. The van der Waals surface area contributed by atoms with Crippen LogP contribution in [0.5, 0.6) is 11.5 Å². The molecule has 28 heavy (non-hydrogen) atoms. The quantitative estimate of drug-likeness (QED) is 0.744. The summed E-state index contributed by atoms with van der Waals surface area (Å²) in [4.78, 5) is 14.5. The van der Waals surface area contributed by atoms with Crippen LogP contribution in [-0.2, 0) is 11.2 Å². The Hall–Kier alpha value is -2.75. The van der Waals surface area contributed by atoms with Gasteiger partial charge in [-0.1, -0.05) is 36.4 Å². The highest BCUT2D eigenvalue weighted by atomic mass is 16.5. The Bertz CT molecular complexity index is 823. The zero-order chi connectivity index (χ0) is 19.2. The molecule has 2 aliphatic heterocycles. The lowest BCUT2D eigenvalue weighted by Crippen LogP contribution is -2.37. The highest BCUT2D eigenvalue weighted by Gasteiger charge is 2.21. The van der Waals surface area contributed by atoms with Crippen molar-refractivity contribution in [3.05, 3.63) is 65.7 Å². The smallest absolute Gasteiger partial charge is 0.246 e. The molecule has 0 unspecified atom stereocenters. The summed E-state index contributed by atoms with van der Waals surface area (Å²) in [6, 6.07) is 16.4. The maximum Gasteiger partial charge on any atom is 0.246 e. The van der Waals surface area contributed by atoms with E-state index in [0.29, 0.717) is 19.1 Å². The fraction of sp³-hybridized carbons (Fsp3) is 0.375. The number of carbonyl (C=O) groups is 1. The molecule has 0 N–H and O–H groups in total. The van der Waals surface area contributed by atoms with Gasteiger partial charge in [-0.15, -0.1) is 0 Å². The van der Waals surface area contributed by atoms with Gasteiger partial charge in [0.2, 0.25) is 5.91 Å². The molecule has 4 nitrogen and oxygen atoms in total. The van der Waals surface area contributed by atoms with E-state index >= 15 is 0 Å². The monoisotopic (exact) mass is 377 g/mol. The van der Waals surface area contributed by atoms with Crippen molar-refractivity contribution in [3.8, 4) is 11.5 Å². The first-order valence-electron chi connectivity index (χ1n) is 10.2. The minimum Gasteiger partial charge on any atom is -0.490 e. The van der Waals surface area contributed by atoms with Crippen LogP contribution in [0.1, 0.15) is 30.4 Å². The molecule has 146 valence electrons. The Morgan fingerprint density at radius 3 is 2.54 bits per heavy atom.